The molecule has 2 atom stereocenters. The lowest BCUT2D eigenvalue weighted by Crippen LogP contribution is -2.28. The molecular formula is C22H24F2N2O7. The van der Waals surface area contributed by atoms with Gasteiger partial charge in [0.25, 0.3) is 5.91 Å². The SMILES string of the molecule is CO[C@@H](/C=C(\C)C(=O)NO)[C@@H](OC(=O)Nc1ccc(F)cc1F)c1ccc(OCCO)cc1. The van der Waals surface area contributed by atoms with E-state index in [4.69, 9.17) is 24.5 Å². The van der Waals surface area contributed by atoms with Gasteiger partial charge in [-0.3, -0.25) is 15.3 Å². The summed E-state index contributed by atoms with van der Waals surface area (Å²) in [6.07, 6.45) is -1.84. The van der Waals surface area contributed by atoms with Crippen LogP contribution in [0.2, 0.25) is 0 Å². The van der Waals surface area contributed by atoms with E-state index in [0.717, 1.165) is 12.1 Å². The normalized spacial score (nSPS) is 13.1. The molecule has 0 bridgehead atoms. The number of hydrogen-bond donors (Lipinski definition) is 4. The van der Waals surface area contributed by atoms with Gasteiger partial charge in [-0.1, -0.05) is 12.1 Å². The van der Waals surface area contributed by atoms with E-state index < -0.39 is 35.8 Å². The van der Waals surface area contributed by atoms with Gasteiger partial charge in [0.2, 0.25) is 0 Å². The molecule has 0 radical (unpaired) electrons. The fourth-order valence-corrected chi connectivity index (χ4v) is 2.78. The minimum absolute atomic E-state index is 0.0748. The van der Waals surface area contributed by atoms with Gasteiger partial charge in [-0.2, -0.15) is 0 Å². The second kappa shape index (κ2) is 12.5. The third-order valence-electron chi connectivity index (χ3n) is 4.42. The summed E-state index contributed by atoms with van der Waals surface area (Å²) in [6.45, 7) is 1.33. The van der Waals surface area contributed by atoms with Crippen LogP contribution >= 0.6 is 0 Å². The number of halogens is 2. The highest BCUT2D eigenvalue weighted by molar-refractivity contribution is 5.92. The van der Waals surface area contributed by atoms with E-state index >= 15 is 0 Å². The predicted molar refractivity (Wildman–Crippen MR) is 113 cm³/mol. The fraction of sp³-hybridized carbons (Fsp3) is 0.273. The second-order valence-corrected chi connectivity index (χ2v) is 6.71. The fourth-order valence-electron chi connectivity index (χ4n) is 2.78. The summed E-state index contributed by atoms with van der Waals surface area (Å²) < 4.78 is 43.2. The smallest absolute Gasteiger partial charge is 0.412 e. The van der Waals surface area contributed by atoms with E-state index in [0.29, 0.717) is 17.4 Å². The number of carbonyl (C=O) groups is 2. The summed E-state index contributed by atoms with van der Waals surface area (Å²) >= 11 is 0. The maximum absolute atomic E-state index is 13.9. The second-order valence-electron chi connectivity index (χ2n) is 6.71. The number of aliphatic hydroxyl groups is 1. The summed E-state index contributed by atoms with van der Waals surface area (Å²) in [6, 6.07) is 8.91. The highest BCUT2D eigenvalue weighted by atomic mass is 19.1. The Balaban J connectivity index is 2.32. The van der Waals surface area contributed by atoms with Crippen LogP contribution < -0.4 is 15.5 Å². The highest BCUT2D eigenvalue weighted by Gasteiger charge is 2.27. The first-order valence-corrected chi connectivity index (χ1v) is 9.71. The van der Waals surface area contributed by atoms with Gasteiger partial charge in [-0.15, -0.1) is 0 Å². The van der Waals surface area contributed by atoms with Crippen molar-refractivity contribution < 1.29 is 42.9 Å². The quantitative estimate of drug-likeness (QED) is 0.241. The van der Waals surface area contributed by atoms with Crippen LogP contribution in [-0.4, -0.2) is 48.7 Å². The molecule has 0 saturated carbocycles. The van der Waals surface area contributed by atoms with Crippen molar-refractivity contribution in [3.63, 3.8) is 0 Å². The van der Waals surface area contributed by atoms with Crippen LogP contribution in [-0.2, 0) is 14.3 Å². The number of carbonyl (C=O) groups excluding carboxylic acids is 2. The lowest BCUT2D eigenvalue weighted by molar-refractivity contribution is -0.125. The Bertz CT molecular complexity index is 983. The summed E-state index contributed by atoms with van der Waals surface area (Å²) in [5.41, 5.74) is 1.70. The Kier molecular flexibility index (Phi) is 9.73. The minimum Gasteiger partial charge on any atom is -0.491 e. The molecule has 2 aromatic carbocycles. The Morgan fingerprint density at radius 3 is 2.42 bits per heavy atom. The van der Waals surface area contributed by atoms with Crippen molar-refractivity contribution in [1.29, 1.82) is 0 Å². The molecule has 0 aliphatic rings. The van der Waals surface area contributed by atoms with Gasteiger partial charge in [-0.25, -0.2) is 19.1 Å². The van der Waals surface area contributed by atoms with Crippen molar-refractivity contribution >= 4 is 17.7 Å². The summed E-state index contributed by atoms with van der Waals surface area (Å²) in [5.74, 6) is -2.14. The minimum atomic E-state index is -1.12. The van der Waals surface area contributed by atoms with Gasteiger partial charge in [0.1, 0.15) is 30.1 Å². The van der Waals surface area contributed by atoms with Gasteiger partial charge in [-0.05, 0) is 42.8 Å². The molecule has 2 rings (SSSR count). The van der Waals surface area contributed by atoms with E-state index in [9.17, 15) is 18.4 Å². The zero-order valence-corrected chi connectivity index (χ0v) is 17.9. The van der Waals surface area contributed by atoms with Crippen molar-refractivity contribution in [3.8, 4) is 5.75 Å². The molecule has 33 heavy (non-hydrogen) atoms. The highest BCUT2D eigenvalue weighted by Crippen LogP contribution is 2.28. The monoisotopic (exact) mass is 466 g/mol. The van der Waals surface area contributed by atoms with Crippen LogP contribution in [0.5, 0.6) is 5.75 Å². The Morgan fingerprint density at radius 1 is 1.15 bits per heavy atom. The van der Waals surface area contributed by atoms with Crippen molar-refractivity contribution in [2.24, 2.45) is 0 Å². The van der Waals surface area contributed by atoms with E-state index in [1.807, 2.05) is 0 Å². The largest absolute Gasteiger partial charge is 0.491 e. The standard InChI is InChI=1S/C22H24F2N2O7/c1-13(21(28)26-30)11-19(31-2)20(14-3-6-16(7-4-14)32-10-9-27)33-22(29)25-18-8-5-15(23)12-17(18)24/h3-8,11-12,19-20,27,30H,9-10H2,1-2H3,(H,25,29)(H,26,28)/b13-11+/t19-,20-/m0/s1. The van der Waals surface area contributed by atoms with E-state index in [-0.39, 0.29) is 24.5 Å². The molecule has 0 aliphatic heterocycles. The third kappa shape index (κ3) is 7.52. The molecule has 0 fully saturated rings. The van der Waals surface area contributed by atoms with Gasteiger partial charge in [0, 0.05) is 18.7 Å². The van der Waals surface area contributed by atoms with Gasteiger partial charge in [0.15, 0.2) is 6.10 Å². The number of nitrogens with one attached hydrogen (secondary N) is 2. The average molecular weight is 466 g/mol. The van der Waals surface area contributed by atoms with E-state index in [1.54, 1.807) is 24.3 Å². The first-order valence-electron chi connectivity index (χ1n) is 9.71. The number of hydrogen-bond acceptors (Lipinski definition) is 7. The number of ether oxygens (including phenoxy) is 3. The van der Waals surface area contributed by atoms with Gasteiger partial charge < -0.3 is 19.3 Å². The molecule has 178 valence electrons. The number of rotatable bonds is 10. The molecule has 0 spiro atoms. The van der Waals surface area contributed by atoms with Crippen LogP contribution in [0.4, 0.5) is 19.3 Å². The van der Waals surface area contributed by atoms with Crippen molar-refractivity contribution in [1.82, 2.24) is 5.48 Å². The number of methoxy groups -OCH3 is 1. The Morgan fingerprint density at radius 2 is 1.85 bits per heavy atom. The number of anilines is 1. The van der Waals surface area contributed by atoms with Crippen LogP contribution in [0.15, 0.2) is 54.1 Å². The molecule has 0 heterocycles. The molecule has 0 unspecified atom stereocenters. The summed E-state index contributed by atoms with van der Waals surface area (Å²) in [7, 11) is 1.32. The molecule has 0 aliphatic carbocycles. The molecule has 2 aromatic rings. The topological polar surface area (TPSA) is 126 Å². The zero-order valence-electron chi connectivity index (χ0n) is 17.9. The van der Waals surface area contributed by atoms with E-state index in [1.165, 1.54) is 25.6 Å². The summed E-state index contributed by atoms with van der Waals surface area (Å²) in [4.78, 5) is 24.2. The average Bonchev–Trinajstić information content (AvgIpc) is 2.81. The maximum atomic E-state index is 13.9. The maximum Gasteiger partial charge on any atom is 0.412 e. The molecule has 0 saturated heterocycles. The lowest BCUT2D eigenvalue weighted by atomic mass is 10.0. The third-order valence-corrected chi connectivity index (χ3v) is 4.42. The van der Waals surface area contributed by atoms with Crippen molar-refractivity contribution in [2.75, 3.05) is 25.6 Å². The number of aliphatic hydroxyl groups excluding tert-OH is 1. The first kappa shape index (κ1) is 25.7. The zero-order chi connectivity index (χ0) is 24.4. The van der Waals surface area contributed by atoms with Crippen LogP contribution in [0.3, 0.4) is 0 Å². The number of benzene rings is 2. The molecule has 9 nitrogen and oxygen atoms in total. The number of hydroxylamine groups is 1. The van der Waals surface area contributed by atoms with Gasteiger partial charge in [0.05, 0.1) is 12.3 Å². The van der Waals surface area contributed by atoms with Crippen molar-refractivity contribution in [2.45, 2.75) is 19.1 Å². The van der Waals surface area contributed by atoms with Crippen LogP contribution in [0.25, 0.3) is 0 Å². The molecule has 11 heteroatoms. The molecule has 2 amide bonds. The van der Waals surface area contributed by atoms with Crippen LogP contribution in [0.1, 0.15) is 18.6 Å². The number of amides is 2. The van der Waals surface area contributed by atoms with Crippen LogP contribution in [0, 0.1) is 11.6 Å². The van der Waals surface area contributed by atoms with E-state index in [2.05, 4.69) is 5.32 Å². The molecule has 4 N–H and O–H groups in total. The molecular weight excluding hydrogens is 442 g/mol. The first-order chi connectivity index (χ1) is 15.8. The summed E-state index contributed by atoms with van der Waals surface area (Å²) in [5, 5.41) is 19.9. The Hall–Kier alpha value is -3.54. The lowest BCUT2D eigenvalue weighted by Gasteiger charge is -2.25. The molecule has 0 aromatic heterocycles. The van der Waals surface area contributed by atoms with Gasteiger partial charge >= 0.3 is 6.09 Å². The Labute approximate surface area is 188 Å². The predicted octanol–water partition coefficient (Wildman–Crippen LogP) is 3.09. The van der Waals surface area contributed by atoms with Crippen molar-refractivity contribution in [3.05, 3.63) is 71.3 Å².